The number of rotatable bonds is 3. The van der Waals surface area contributed by atoms with E-state index in [-0.39, 0.29) is 28.9 Å². The van der Waals surface area contributed by atoms with E-state index in [9.17, 15) is 14.4 Å². The number of imidazole rings is 1. The Labute approximate surface area is 150 Å². The first-order chi connectivity index (χ1) is 12.1. The van der Waals surface area contributed by atoms with Gasteiger partial charge in [0.2, 0.25) is 0 Å². The van der Waals surface area contributed by atoms with Crippen molar-refractivity contribution in [1.29, 1.82) is 0 Å². The second-order valence-corrected chi connectivity index (χ2v) is 7.50. The van der Waals surface area contributed by atoms with Gasteiger partial charge in [0.15, 0.2) is 16.9 Å². The molecule has 0 saturated heterocycles. The number of nitrogens with zero attached hydrogens (tertiary/aromatic N) is 4. The monoisotopic (exact) mass is 354 g/mol. The molecule has 0 amide bonds. The van der Waals surface area contributed by atoms with E-state index in [0.717, 1.165) is 10.1 Å². The SMILES string of the molecule is Cn1c(=O)c2c(ncn2CC(=O)c2ccc(C(C)(C)C)cc2)n(C)c1=O. The molecule has 0 unspecified atom stereocenters. The summed E-state index contributed by atoms with van der Waals surface area (Å²) in [6.45, 7) is 6.32. The summed E-state index contributed by atoms with van der Waals surface area (Å²) in [5.41, 5.74) is 1.34. The van der Waals surface area contributed by atoms with Gasteiger partial charge in [0.1, 0.15) is 0 Å². The fraction of sp³-hybridized carbons (Fsp3) is 0.368. The van der Waals surface area contributed by atoms with Crippen molar-refractivity contribution in [2.24, 2.45) is 14.1 Å². The third kappa shape index (κ3) is 2.89. The molecule has 0 bridgehead atoms. The zero-order valence-electron chi connectivity index (χ0n) is 15.6. The predicted molar refractivity (Wildman–Crippen MR) is 99.7 cm³/mol. The van der Waals surface area contributed by atoms with Gasteiger partial charge in [-0.25, -0.2) is 9.78 Å². The lowest BCUT2D eigenvalue weighted by atomic mass is 9.86. The molecule has 2 aromatic heterocycles. The zero-order valence-corrected chi connectivity index (χ0v) is 15.6. The molecule has 0 fully saturated rings. The molecule has 26 heavy (non-hydrogen) atoms. The molecule has 0 radical (unpaired) electrons. The van der Waals surface area contributed by atoms with Crippen molar-refractivity contribution in [2.75, 3.05) is 0 Å². The molecule has 0 N–H and O–H groups in total. The molecular formula is C19H22N4O3. The highest BCUT2D eigenvalue weighted by Gasteiger charge is 2.18. The third-order valence-electron chi connectivity index (χ3n) is 4.60. The van der Waals surface area contributed by atoms with E-state index in [4.69, 9.17) is 0 Å². The average Bonchev–Trinajstić information content (AvgIpc) is 3.01. The van der Waals surface area contributed by atoms with Crippen LogP contribution in [-0.4, -0.2) is 24.5 Å². The minimum atomic E-state index is -0.462. The summed E-state index contributed by atoms with van der Waals surface area (Å²) in [5, 5.41) is 0. The van der Waals surface area contributed by atoms with Crippen LogP contribution in [0.25, 0.3) is 11.2 Å². The van der Waals surface area contributed by atoms with Crippen molar-refractivity contribution in [3.63, 3.8) is 0 Å². The molecular weight excluding hydrogens is 332 g/mol. The first-order valence-corrected chi connectivity index (χ1v) is 8.36. The van der Waals surface area contributed by atoms with Gasteiger partial charge in [-0.2, -0.15) is 0 Å². The Kier molecular flexibility index (Phi) is 4.18. The lowest BCUT2D eigenvalue weighted by molar-refractivity contribution is 0.0973. The van der Waals surface area contributed by atoms with Crippen molar-refractivity contribution >= 4 is 16.9 Å². The molecule has 7 heteroatoms. The minimum absolute atomic E-state index is 0.0130. The number of aryl methyl sites for hydroxylation is 1. The fourth-order valence-electron chi connectivity index (χ4n) is 2.92. The number of Topliss-reactive ketones (excluding diaryl/α,β-unsaturated/α-hetero) is 1. The molecule has 0 spiro atoms. The van der Waals surface area contributed by atoms with E-state index in [1.54, 1.807) is 19.2 Å². The van der Waals surface area contributed by atoms with Gasteiger partial charge in [-0.3, -0.25) is 18.7 Å². The molecule has 0 aliphatic carbocycles. The van der Waals surface area contributed by atoms with Crippen LogP contribution in [0, 0.1) is 0 Å². The molecule has 3 rings (SSSR count). The topological polar surface area (TPSA) is 78.9 Å². The maximum absolute atomic E-state index is 12.6. The number of carbonyl (C=O) groups excluding carboxylic acids is 1. The van der Waals surface area contributed by atoms with Gasteiger partial charge < -0.3 is 4.57 Å². The van der Waals surface area contributed by atoms with Gasteiger partial charge in [0.05, 0.1) is 12.9 Å². The van der Waals surface area contributed by atoms with Crippen LogP contribution in [0.15, 0.2) is 40.2 Å². The number of fused-ring (bicyclic) bond motifs is 1. The summed E-state index contributed by atoms with van der Waals surface area (Å²) in [6.07, 6.45) is 1.42. The van der Waals surface area contributed by atoms with Crippen molar-refractivity contribution in [3.8, 4) is 0 Å². The Morgan fingerprint density at radius 1 is 1.04 bits per heavy atom. The summed E-state index contributed by atoms with van der Waals surface area (Å²) in [7, 11) is 2.96. The standard InChI is InChI=1S/C19H22N4O3/c1-19(2,3)13-8-6-12(7-9-13)14(24)10-23-11-20-16-15(23)17(25)22(5)18(26)21(16)4/h6-9,11H,10H2,1-5H3. The molecule has 136 valence electrons. The summed E-state index contributed by atoms with van der Waals surface area (Å²) < 4.78 is 3.82. The van der Waals surface area contributed by atoms with Crippen LogP contribution in [0.2, 0.25) is 0 Å². The second kappa shape index (κ2) is 6.09. The Hall–Kier alpha value is -2.96. The number of benzene rings is 1. The number of carbonyl (C=O) groups is 1. The summed E-state index contributed by atoms with van der Waals surface area (Å²) in [5.74, 6) is -0.124. The van der Waals surface area contributed by atoms with E-state index in [1.807, 2.05) is 12.1 Å². The van der Waals surface area contributed by atoms with E-state index < -0.39 is 11.2 Å². The lowest BCUT2D eigenvalue weighted by Gasteiger charge is -2.19. The Morgan fingerprint density at radius 2 is 1.65 bits per heavy atom. The maximum Gasteiger partial charge on any atom is 0.332 e. The first-order valence-electron chi connectivity index (χ1n) is 8.36. The molecule has 3 aromatic rings. The van der Waals surface area contributed by atoms with Gasteiger partial charge in [0.25, 0.3) is 5.56 Å². The second-order valence-electron chi connectivity index (χ2n) is 7.50. The van der Waals surface area contributed by atoms with Crippen LogP contribution >= 0.6 is 0 Å². The van der Waals surface area contributed by atoms with E-state index in [2.05, 4.69) is 25.8 Å². The molecule has 7 nitrogen and oxygen atoms in total. The Bertz CT molecular complexity index is 1110. The van der Waals surface area contributed by atoms with Gasteiger partial charge in [-0.05, 0) is 11.0 Å². The van der Waals surface area contributed by atoms with E-state index in [1.165, 1.54) is 22.5 Å². The van der Waals surface area contributed by atoms with Crippen LogP contribution < -0.4 is 11.2 Å². The fourth-order valence-corrected chi connectivity index (χ4v) is 2.92. The first kappa shape index (κ1) is 17.8. The average molecular weight is 354 g/mol. The quantitative estimate of drug-likeness (QED) is 0.670. The zero-order chi connectivity index (χ0) is 19.2. The number of aromatic nitrogens is 4. The van der Waals surface area contributed by atoms with Crippen LogP contribution in [0.1, 0.15) is 36.7 Å². The van der Waals surface area contributed by atoms with Gasteiger partial charge in [-0.1, -0.05) is 45.0 Å². The smallest absolute Gasteiger partial charge is 0.317 e. The van der Waals surface area contributed by atoms with Crippen LogP contribution in [0.5, 0.6) is 0 Å². The highest BCUT2D eigenvalue weighted by molar-refractivity contribution is 5.96. The normalized spacial score (nSPS) is 11.9. The van der Waals surface area contributed by atoms with Crippen molar-refractivity contribution in [1.82, 2.24) is 18.7 Å². The minimum Gasteiger partial charge on any atom is -0.317 e. The Morgan fingerprint density at radius 3 is 2.23 bits per heavy atom. The molecule has 0 aliphatic rings. The van der Waals surface area contributed by atoms with Crippen molar-refractivity contribution in [3.05, 3.63) is 62.6 Å². The lowest BCUT2D eigenvalue weighted by Crippen LogP contribution is -2.37. The Balaban J connectivity index is 1.98. The maximum atomic E-state index is 12.6. The summed E-state index contributed by atoms with van der Waals surface area (Å²) in [6, 6.07) is 7.50. The third-order valence-corrected chi connectivity index (χ3v) is 4.60. The van der Waals surface area contributed by atoms with Gasteiger partial charge in [-0.15, -0.1) is 0 Å². The summed E-state index contributed by atoms with van der Waals surface area (Å²) >= 11 is 0. The largest absolute Gasteiger partial charge is 0.332 e. The highest BCUT2D eigenvalue weighted by Crippen LogP contribution is 2.22. The molecule has 0 aliphatic heterocycles. The molecule has 0 atom stereocenters. The van der Waals surface area contributed by atoms with Crippen LogP contribution in [0.4, 0.5) is 0 Å². The number of ketones is 1. The van der Waals surface area contributed by atoms with E-state index >= 15 is 0 Å². The molecule has 1 aromatic carbocycles. The highest BCUT2D eigenvalue weighted by atomic mass is 16.2. The van der Waals surface area contributed by atoms with Crippen molar-refractivity contribution < 1.29 is 4.79 Å². The molecule has 0 saturated carbocycles. The number of hydrogen-bond donors (Lipinski definition) is 0. The van der Waals surface area contributed by atoms with Crippen LogP contribution in [0.3, 0.4) is 0 Å². The van der Waals surface area contributed by atoms with Gasteiger partial charge in [0, 0.05) is 19.7 Å². The summed E-state index contributed by atoms with van der Waals surface area (Å²) in [4.78, 5) is 41.2. The number of hydrogen-bond acceptors (Lipinski definition) is 4. The van der Waals surface area contributed by atoms with Crippen molar-refractivity contribution in [2.45, 2.75) is 32.7 Å². The van der Waals surface area contributed by atoms with Crippen LogP contribution in [-0.2, 0) is 26.1 Å². The van der Waals surface area contributed by atoms with E-state index in [0.29, 0.717) is 5.56 Å². The van der Waals surface area contributed by atoms with Gasteiger partial charge >= 0.3 is 5.69 Å². The predicted octanol–water partition coefficient (Wildman–Crippen LogP) is 1.61. The molecule has 2 heterocycles.